The molecular formula is C20H22N4O5S. The van der Waals surface area contributed by atoms with Crippen molar-refractivity contribution in [2.75, 3.05) is 0 Å². The molecule has 0 spiro atoms. The quantitative estimate of drug-likeness (QED) is 0.279. The third-order valence-corrected chi connectivity index (χ3v) is 4.18. The van der Waals surface area contributed by atoms with E-state index >= 15 is 0 Å². The molecule has 0 radical (unpaired) electrons. The highest BCUT2D eigenvalue weighted by molar-refractivity contribution is 7.85. The first-order chi connectivity index (χ1) is 14.3. The van der Waals surface area contributed by atoms with Crippen molar-refractivity contribution in [2.45, 2.75) is 18.7 Å². The maximum absolute atomic E-state index is 10.5. The van der Waals surface area contributed by atoms with Crippen LogP contribution in [-0.2, 0) is 10.1 Å². The summed E-state index contributed by atoms with van der Waals surface area (Å²) in [5, 5.41) is 13.3. The molecule has 2 heterocycles. The lowest BCUT2D eigenvalue weighted by Gasteiger charge is -2.00. The predicted octanol–water partition coefficient (Wildman–Crippen LogP) is 3.60. The Labute approximate surface area is 175 Å². The molecule has 0 aliphatic heterocycles. The van der Waals surface area contributed by atoms with Crippen molar-refractivity contribution in [3.63, 3.8) is 0 Å². The molecular weight excluding hydrogens is 408 g/mol. The number of nitrogens with zero attached hydrogens (tertiary/aromatic N) is 4. The summed E-state index contributed by atoms with van der Waals surface area (Å²) in [5.41, 5.74) is 2.65. The Balaban J connectivity index is 0.000000280. The molecule has 0 saturated carbocycles. The number of aromatic nitrogens is 2. The largest absolute Gasteiger partial charge is 0.411 e. The lowest BCUT2D eigenvalue weighted by Crippen LogP contribution is -1.98. The van der Waals surface area contributed by atoms with Crippen molar-refractivity contribution < 1.29 is 23.0 Å². The van der Waals surface area contributed by atoms with Gasteiger partial charge in [0.25, 0.3) is 10.1 Å². The van der Waals surface area contributed by atoms with Gasteiger partial charge >= 0.3 is 0 Å². The zero-order valence-corrected chi connectivity index (χ0v) is 17.3. The Morgan fingerprint density at radius 3 is 2.23 bits per heavy atom. The summed E-state index contributed by atoms with van der Waals surface area (Å²) in [6.07, 6.45) is 5.11. The van der Waals surface area contributed by atoms with Gasteiger partial charge < -0.3 is 10.0 Å². The van der Waals surface area contributed by atoms with Crippen LogP contribution < -0.4 is 4.84 Å². The molecule has 0 aliphatic rings. The van der Waals surface area contributed by atoms with Crippen molar-refractivity contribution >= 4 is 22.5 Å². The minimum Gasteiger partial charge on any atom is -0.411 e. The smallest absolute Gasteiger partial charge is 0.294 e. The van der Waals surface area contributed by atoms with E-state index < -0.39 is 10.1 Å². The van der Waals surface area contributed by atoms with Gasteiger partial charge in [-0.1, -0.05) is 28.9 Å². The SMILES string of the molecule is C=NO.CC(=NOc1ccccn1)c1cccnc1.Cc1ccc(S(=O)(=O)O)cc1. The van der Waals surface area contributed by atoms with Gasteiger partial charge in [0.15, 0.2) is 0 Å². The first-order valence-electron chi connectivity index (χ1n) is 8.45. The number of rotatable bonds is 4. The van der Waals surface area contributed by atoms with Crippen LogP contribution in [0.3, 0.4) is 0 Å². The van der Waals surface area contributed by atoms with E-state index in [4.69, 9.17) is 14.6 Å². The van der Waals surface area contributed by atoms with E-state index in [1.807, 2.05) is 38.1 Å². The van der Waals surface area contributed by atoms with Crippen molar-refractivity contribution in [3.05, 3.63) is 84.3 Å². The van der Waals surface area contributed by atoms with Crippen LogP contribution in [0.4, 0.5) is 0 Å². The molecule has 10 heteroatoms. The third kappa shape index (κ3) is 9.53. The van der Waals surface area contributed by atoms with Gasteiger partial charge in [-0.25, -0.2) is 4.98 Å². The Bertz CT molecular complexity index is 1030. The number of oxime groups is 2. The van der Waals surface area contributed by atoms with Crippen molar-refractivity contribution in [3.8, 4) is 5.88 Å². The summed E-state index contributed by atoms with van der Waals surface area (Å²) < 4.78 is 29.6. The molecule has 158 valence electrons. The Morgan fingerprint density at radius 1 is 1.07 bits per heavy atom. The van der Waals surface area contributed by atoms with Crippen LogP contribution in [0.15, 0.2) is 88.4 Å². The number of aryl methyl sites for hydroxylation is 1. The Hall–Kier alpha value is -3.63. The van der Waals surface area contributed by atoms with Crippen LogP contribution >= 0.6 is 0 Å². The van der Waals surface area contributed by atoms with Gasteiger partial charge in [0.2, 0.25) is 5.88 Å². The molecule has 3 aromatic rings. The van der Waals surface area contributed by atoms with Crippen LogP contribution in [0.1, 0.15) is 18.1 Å². The average molecular weight is 430 g/mol. The van der Waals surface area contributed by atoms with Crippen LogP contribution in [0, 0.1) is 6.92 Å². The standard InChI is InChI=1S/C12H11N3O.C7H8O3S.CH3NO/c1-10(11-5-4-7-13-9-11)15-16-12-6-2-3-8-14-12;1-6-2-4-7(5-3-6)11(8,9)10;1-2-3/h2-9H,1H3;2-5H,1H3,(H,8,9,10);3H,1H2. The maximum Gasteiger partial charge on any atom is 0.294 e. The van der Waals surface area contributed by atoms with E-state index in [1.54, 1.807) is 36.8 Å². The lowest BCUT2D eigenvalue weighted by molar-refractivity contribution is 0.323. The predicted molar refractivity (Wildman–Crippen MR) is 114 cm³/mol. The Morgan fingerprint density at radius 2 is 1.73 bits per heavy atom. The molecule has 0 aliphatic carbocycles. The molecule has 0 amide bonds. The van der Waals surface area contributed by atoms with Gasteiger partial charge in [0, 0.05) is 36.9 Å². The van der Waals surface area contributed by atoms with Crippen LogP contribution in [-0.4, -0.2) is 40.6 Å². The number of hydrogen-bond donors (Lipinski definition) is 2. The molecule has 0 atom stereocenters. The lowest BCUT2D eigenvalue weighted by atomic mass is 10.2. The van der Waals surface area contributed by atoms with E-state index in [2.05, 4.69) is 27.0 Å². The summed E-state index contributed by atoms with van der Waals surface area (Å²) in [7, 11) is -4.02. The summed E-state index contributed by atoms with van der Waals surface area (Å²) >= 11 is 0. The van der Waals surface area contributed by atoms with E-state index in [1.165, 1.54) is 12.1 Å². The van der Waals surface area contributed by atoms with Crippen LogP contribution in [0.5, 0.6) is 5.88 Å². The second kappa shape index (κ2) is 12.8. The van der Waals surface area contributed by atoms with Crippen molar-refractivity contribution in [1.82, 2.24) is 9.97 Å². The highest BCUT2D eigenvalue weighted by Gasteiger charge is 2.06. The minimum atomic E-state index is -4.02. The molecule has 2 N–H and O–H groups in total. The van der Waals surface area contributed by atoms with E-state index in [0.717, 1.165) is 16.8 Å². The molecule has 0 saturated heterocycles. The van der Waals surface area contributed by atoms with Crippen LogP contribution in [0.2, 0.25) is 0 Å². The van der Waals surface area contributed by atoms with Gasteiger partial charge in [-0.3, -0.25) is 9.54 Å². The fourth-order valence-electron chi connectivity index (χ4n) is 1.86. The van der Waals surface area contributed by atoms with Crippen LogP contribution in [0.25, 0.3) is 0 Å². The zero-order valence-electron chi connectivity index (χ0n) is 16.5. The van der Waals surface area contributed by atoms with Gasteiger partial charge in [0.1, 0.15) is 0 Å². The minimum absolute atomic E-state index is 0.0666. The fraction of sp³-hybridized carbons (Fsp3) is 0.100. The fourth-order valence-corrected chi connectivity index (χ4v) is 2.34. The van der Waals surface area contributed by atoms with Gasteiger partial charge in [0.05, 0.1) is 10.6 Å². The molecule has 3 rings (SSSR count). The summed E-state index contributed by atoms with van der Waals surface area (Å²) in [6, 6.07) is 15.2. The van der Waals surface area contributed by atoms with E-state index in [9.17, 15) is 8.42 Å². The maximum atomic E-state index is 10.5. The first-order valence-corrected chi connectivity index (χ1v) is 9.89. The second-order valence-electron chi connectivity index (χ2n) is 5.61. The first kappa shape index (κ1) is 24.4. The summed E-state index contributed by atoms with van der Waals surface area (Å²) in [6.45, 7) is 6.37. The van der Waals surface area contributed by atoms with Crippen molar-refractivity contribution in [2.24, 2.45) is 10.3 Å². The zero-order chi connectivity index (χ0) is 22.4. The van der Waals surface area contributed by atoms with Crippen molar-refractivity contribution in [1.29, 1.82) is 0 Å². The molecule has 0 fully saturated rings. The normalized spacial score (nSPS) is 10.6. The topological polar surface area (TPSA) is 134 Å². The second-order valence-corrected chi connectivity index (χ2v) is 7.03. The molecule has 0 bridgehead atoms. The molecule has 1 aromatic carbocycles. The van der Waals surface area contributed by atoms with Gasteiger partial charge in [-0.2, -0.15) is 8.42 Å². The summed E-state index contributed by atoms with van der Waals surface area (Å²) in [5.74, 6) is 0.478. The molecule has 30 heavy (non-hydrogen) atoms. The average Bonchev–Trinajstić information content (AvgIpc) is 2.74. The Kier molecular flexibility index (Phi) is 10.4. The molecule has 9 nitrogen and oxygen atoms in total. The highest BCUT2D eigenvalue weighted by atomic mass is 32.2. The van der Waals surface area contributed by atoms with Gasteiger partial charge in [-0.15, -0.1) is 5.16 Å². The number of benzene rings is 1. The third-order valence-electron chi connectivity index (χ3n) is 3.31. The van der Waals surface area contributed by atoms with E-state index in [0.29, 0.717) is 5.88 Å². The number of hydrogen-bond acceptors (Lipinski definition) is 8. The molecule has 2 aromatic heterocycles. The highest BCUT2D eigenvalue weighted by Crippen LogP contribution is 2.08. The number of pyridine rings is 2. The van der Waals surface area contributed by atoms with Gasteiger partial charge in [-0.05, 0) is 44.2 Å². The summed E-state index contributed by atoms with van der Waals surface area (Å²) in [4.78, 5) is 13.1. The van der Waals surface area contributed by atoms with E-state index in [-0.39, 0.29) is 4.90 Å². The monoisotopic (exact) mass is 430 g/mol. The molecule has 0 unspecified atom stereocenters.